The van der Waals surface area contributed by atoms with Crippen molar-refractivity contribution in [3.63, 3.8) is 0 Å². The van der Waals surface area contributed by atoms with Crippen LogP contribution in [0.15, 0.2) is 41.6 Å². The summed E-state index contributed by atoms with van der Waals surface area (Å²) in [5.41, 5.74) is 1.09. The molecule has 0 aliphatic carbocycles. The van der Waals surface area contributed by atoms with Crippen molar-refractivity contribution in [3.8, 4) is 11.4 Å². The van der Waals surface area contributed by atoms with Crippen LogP contribution in [-0.2, 0) is 0 Å². The van der Waals surface area contributed by atoms with Gasteiger partial charge in [0.25, 0.3) is 0 Å². The molecule has 4 heteroatoms. The number of aromatic nitrogens is 1. The molecule has 0 aliphatic heterocycles. The van der Waals surface area contributed by atoms with Crippen molar-refractivity contribution in [1.29, 1.82) is 0 Å². The van der Waals surface area contributed by atoms with E-state index in [4.69, 9.17) is 16.3 Å². The molecule has 1 aromatic heterocycles. The fourth-order valence-corrected chi connectivity index (χ4v) is 2.49. The minimum absolute atomic E-state index is 0.679. The van der Waals surface area contributed by atoms with Crippen LogP contribution in [0.3, 0.4) is 0 Å². The van der Waals surface area contributed by atoms with Crippen molar-refractivity contribution < 1.29 is 4.74 Å². The van der Waals surface area contributed by atoms with Crippen molar-refractivity contribution >= 4 is 23.4 Å². The summed E-state index contributed by atoms with van der Waals surface area (Å²) in [6.45, 7) is 2.67. The van der Waals surface area contributed by atoms with Gasteiger partial charge < -0.3 is 9.30 Å². The second-order valence-corrected chi connectivity index (χ2v) is 4.70. The molecule has 1 aromatic carbocycles. The van der Waals surface area contributed by atoms with Crippen LogP contribution in [0.25, 0.3) is 5.69 Å². The van der Waals surface area contributed by atoms with Gasteiger partial charge in [-0.15, -0.1) is 11.8 Å². The van der Waals surface area contributed by atoms with Crippen LogP contribution in [0.1, 0.15) is 6.92 Å². The third-order valence-electron chi connectivity index (χ3n) is 2.40. The van der Waals surface area contributed by atoms with Gasteiger partial charge in [0, 0.05) is 16.9 Å². The van der Waals surface area contributed by atoms with Crippen LogP contribution < -0.4 is 4.74 Å². The number of ether oxygens (including phenoxy) is 1. The van der Waals surface area contributed by atoms with Crippen LogP contribution in [0.5, 0.6) is 5.75 Å². The number of nitrogens with zero attached hydrogens (tertiary/aromatic N) is 1. The van der Waals surface area contributed by atoms with Crippen molar-refractivity contribution in [1.82, 2.24) is 4.57 Å². The van der Waals surface area contributed by atoms with Gasteiger partial charge in [-0.05, 0) is 43.5 Å². The lowest BCUT2D eigenvalue weighted by Crippen LogP contribution is -1.96. The van der Waals surface area contributed by atoms with Gasteiger partial charge in [-0.3, -0.25) is 0 Å². The summed E-state index contributed by atoms with van der Waals surface area (Å²) in [6, 6.07) is 9.77. The lowest BCUT2D eigenvalue weighted by Gasteiger charge is -2.09. The first-order chi connectivity index (χ1) is 8.26. The zero-order chi connectivity index (χ0) is 12.3. The number of rotatable bonds is 4. The number of halogens is 1. The number of thioether (sulfide) groups is 1. The van der Waals surface area contributed by atoms with Gasteiger partial charge in [-0.2, -0.15) is 0 Å². The normalized spacial score (nSPS) is 10.5. The maximum Gasteiger partial charge on any atom is 0.151 e. The van der Waals surface area contributed by atoms with Crippen LogP contribution in [0.2, 0.25) is 5.02 Å². The van der Waals surface area contributed by atoms with E-state index in [1.54, 1.807) is 11.8 Å². The Labute approximate surface area is 111 Å². The Kier molecular flexibility index (Phi) is 4.02. The molecule has 1 heterocycles. The first-order valence-corrected chi connectivity index (χ1v) is 7.00. The average Bonchev–Trinajstić information content (AvgIpc) is 2.73. The van der Waals surface area contributed by atoms with E-state index in [1.807, 2.05) is 49.7 Å². The minimum atomic E-state index is 0.679. The molecule has 0 atom stereocenters. The molecular formula is C13H14ClNOS. The zero-order valence-electron chi connectivity index (χ0n) is 9.81. The molecule has 0 unspecified atom stereocenters. The van der Waals surface area contributed by atoms with Crippen molar-refractivity contribution in [2.45, 2.75) is 11.9 Å². The fourth-order valence-electron chi connectivity index (χ4n) is 1.67. The van der Waals surface area contributed by atoms with Gasteiger partial charge in [0.15, 0.2) is 5.75 Å². The van der Waals surface area contributed by atoms with Crippen LogP contribution in [-0.4, -0.2) is 17.4 Å². The van der Waals surface area contributed by atoms with E-state index in [1.165, 1.54) is 0 Å². The molecule has 17 heavy (non-hydrogen) atoms. The van der Waals surface area contributed by atoms with Crippen molar-refractivity contribution in [2.75, 3.05) is 12.9 Å². The Balaban J connectivity index is 2.41. The monoisotopic (exact) mass is 267 g/mol. The number of hydrogen-bond donors (Lipinski definition) is 0. The Hall–Kier alpha value is -1.06. The summed E-state index contributed by atoms with van der Waals surface area (Å²) in [5, 5.41) is 1.85. The Morgan fingerprint density at radius 1 is 1.24 bits per heavy atom. The second kappa shape index (κ2) is 5.52. The van der Waals surface area contributed by atoms with E-state index < -0.39 is 0 Å². The Morgan fingerprint density at radius 2 is 1.94 bits per heavy atom. The van der Waals surface area contributed by atoms with Crippen molar-refractivity contribution in [3.05, 3.63) is 41.6 Å². The van der Waals surface area contributed by atoms with E-state index in [0.29, 0.717) is 6.61 Å². The molecule has 0 amide bonds. The topological polar surface area (TPSA) is 14.2 Å². The van der Waals surface area contributed by atoms with Gasteiger partial charge in [0.05, 0.1) is 6.61 Å². The van der Waals surface area contributed by atoms with Crippen LogP contribution in [0, 0.1) is 0 Å². The Morgan fingerprint density at radius 3 is 2.53 bits per heavy atom. The molecule has 2 rings (SSSR count). The standard InChI is InChI=1S/C13H14ClNOS/c1-3-16-12-8-9-15(13(12)17-2)11-6-4-10(14)5-7-11/h4-9H,3H2,1-2H3. The first-order valence-electron chi connectivity index (χ1n) is 5.40. The predicted octanol–water partition coefficient (Wildman–Crippen LogP) is 4.25. The lowest BCUT2D eigenvalue weighted by atomic mass is 10.3. The molecule has 0 spiro atoms. The highest BCUT2D eigenvalue weighted by molar-refractivity contribution is 7.98. The molecule has 0 fully saturated rings. The van der Waals surface area contributed by atoms with Gasteiger partial charge >= 0.3 is 0 Å². The maximum atomic E-state index is 5.89. The maximum absolute atomic E-state index is 5.89. The lowest BCUT2D eigenvalue weighted by molar-refractivity contribution is 0.331. The van der Waals surface area contributed by atoms with Gasteiger partial charge in [-0.1, -0.05) is 11.6 Å². The van der Waals surface area contributed by atoms with Gasteiger partial charge in [0.1, 0.15) is 5.03 Å². The van der Waals surface area contributed by atoms with Crippen LogP contribution >= 0.6 is 23.4 Å². The predicted molar refractivity (Wildman–Crippen MR) is 73.7 cm³/mol. The molecule has 0 saturated carbocycles. The second-order valence-electron chi connectivity index (χ2n) is 3.47. The molecule has 0 bridgehead atoms. The van der Waals surface area contributed by atoms with E-state index >= 15 is 0 Å². The molecular weight excluding hydrogens is 254 g/mol. The Bertz CT molecular complexity index is 493. The molecule has 0 N–H and O–H groups in total. The average molecular weight is 268 g/mol. The first kappa shape index (κ1) is 12.4. The minimum Gasteiger partial charge on any atom is -0.491 e. The summed E-state index contributed by atoms with van der Waals surface area (Å²) in [5.74, 6) is 0.926. The smallest absolute Gasteiger partial charge is 0.151 e. The summed E-state index contributed by atoms with van der Waals surface area (Å²) in [7, 11) is 0. The molecule has 2 nitrogen and oxygen atoms in total. The molecule has 0 aliphatic rings. The van der Waals surface area contributed by atoms with Gasteiger partial charge in [-0.25, -0.2) is 0 Å². The fraction of sp³-hybridized carbons (Fsp3) is 0.231. The van der Waals surface area contributed by atoms with E-state index in [0.717, 1.165) is 21.5 Å². The van der Waals surface area contributed by atoms with E-state index in [2.05, 4.69) is 4.57 Å². The highest BCUT2D eigenvalue weighted by Gasteiger charge is 2.10. The number of hydrogen-bond acceptors (Lipinski definition) is 2. The summed E-state index contributed by atoms with van der Waals surface area (Å²) in [4.78, 5) is 0. The summed E-state index contributed by atoms with van der Waals surface area (Å²) >= 11 is 7.56. The van der Waals surface area contributed by atoms with Crippen LogP contribution in [0.4, 0.5) is 0 Å². The number of benzene rings is 1. The van der Waals surface area contributed by atoms with Crippen molar-refractivity contribution in [2.24, 2.45) is 0 Å². The highest BCUT2D eigenvalue weighted by atomic mass is 35.5. The molecule has 90 valence electrons. The van der Waals surface area contributed by atoms with Gasteiger partial charge in [0.2, 0.25) is 0 Å². The highest BCUT2D eigenvalue weighted by Crippen LogP contribution is 2.31. The summed E-state index contributed by atoms with van der Waals surface area (Å²) in [6.07, 6.45) is 4.06. The molecule has 0 radical (unpaired) electrons. The summed E-state index contributed by atoms with van der Waals surface area (Å²) < 4.78 is 7.69. The quantitative estimate of drug-likeness (QED) is 0.769. The zero-order valence-corrected chi connectivity index (χ0v) is 11.4. The SMILES string of the molecule is CCOc1ccn(-c2ccc(Cl)cc2)c1SC. The molecule has 2 aromatic rings. The molecule has 0 saturated heterocycles. The van der Waals surface area contributed by atoms with E-state index in [-0.39, 0.29) is 0 Å². The van der Waals surface area contributed by atoms with E-state index in [9.17, 15) is 0 Å². The third kappa shape index (κ3) is 2.61. The third-order valence-corrected chi connectivity index (χ3v) is 3.44. The largest absolute Gasteiger partial charge is 0.491 e.